The number of nitrogens with two attached hydrogens (primary N) is 1. The van der Waals surface area contributed by atoms with Crippen LogP contribution in [0.1, 0.15) is 55.7 Å². The van der Waals surface area contributed by atoms with Gasteiger partial charge in [-0.15, -0.1) is 0 Å². The number of halogens is 4. The molecule has 4 rings (SSSR count). The molecule has 0 radical (unpaired) electrons. The number of unbranched alkanes of at least 4 members (excludes halogenated alkanes) is 2. The Hall–Kier alpha value is -3.71. The molecule has 4 amide bonds. The average molecular weight is 667 g/mol. The van der Waals surface area contributed by atoms with Gasteiger partial charge >= 0.3 is 18.3 Å². The van der Waals surface area contributed by atoms with Crippen LogP contribution >= 0.6 is 11.6 Å². The first-order chi connectivity index (χ1) is 21.8. The van der Waals surface area contributed by atoms with Gasteiger partial charge in [-0.2, -0.15) is 13.2 Å². The first-order valence-corrected chi connectivity index (χ1v) is 15.9. The number of carbonyl (C=O) groups excluding carboxylic acids is 3. The fraction of sp³-hybridized carbons (Fsp3) is 0.531. The molecular weight excluding hydrogens is 625 g/mol. The Morgan fingerprint density at radius 1 is 1.13 bits per heavy atom. The quantitative estimate of drug-likeness (QED) is 0.182. The molecular formula is C32H42ClF3N6O4. The van der Waals surface area contributed by atoms with E-state index in [1.807, 2.05) is 31.2 Å². The second kappa shape index (κ2) is 15.3. The molecule has 0 spiro atoms. The molecule has 10 nitrogen and oxygen atoms in total. The van der Waals surface area contributed by atoms with E-state index < -0.39 is 35.5 Å². The van der Waals surface area contributed by atoms with Crippen molar-refractivity contribution in [1.29, 1.82) is 0 Å². The number of urea groups is 1. The Kier molecular flexibility index (Phi) is 11.7. The van der Waals surface area contributed by atoms with E-state index in [1.54, 1.807) is 24.0 Å². The first-order valence-electron chi connectivity index (χ1n) is 15.5. The van der Waals surface area contributed by atoms with E-state index in [1.165, 1.54) is 16.0 Å². The largest absolute Gasteiger partial charge is 0.436 e. The summed E-state index contributed by atoms with van der Waals surface area (Å²) in [6.07, 6.45) is -3.12. The van der Waals surface area contributed by atoms with Gasteiger partial charge in [-0.25, -0.2) is 14.6 Å². The van der Waals surface area contributed by atoms with Crippen LogP contribution in [0.5, 0.6) is 0 Å². The molecule has 1 saturated heterocycles. The molecule has 1 atom stereocenters. The highest BCUT2D eigenvalue weighted by Crippen LogP contribution is 2.38. The lowest BCUT2D eigenvalue weighted by Crippen LogP contribution is -2.52. The topological polar surface area (TPSA) is 111 Å². The van der Waals surface area contributed by atoms with E-state index >= 15 is 0 Å². The number of nitrogen functional groups attached to an aromatic ring is 1. The molecule has 2 aromatic carbocycles. The maximum atomic E-state index is 13.8. The molecule has 1 fully saturated rings. The molecule has 2 aromatic rings. The van der Waals surface area contributed by atoms with E-state index in [0.717, 1.165) is 30.2 Å². The van der Waals surface area contributed by atoms with E-state index in [0.29, 0.717) is 38.8 Å². The lowest BCUT2D eigenvalue weighted by Gasteiger charge is -2.38. The van der Waals surface area contributed by atoms with Gasteiger partial charge in [0.2, 0.25) is 0 Å². The van der Waals surface area contributed by atoms with Crippen molar-refractivity contribution in [2.24, 2.45) is 0 Å². The van der Waals surface area contributed by atoms with Crippen LogP contribution in [0, 0.1) is 0 Å². The van der Waals surface area contributed by atoms with E-state index in [-0.39, 0.29) is 42.2 Å². The Labute approximate surface area is 272 Å². The monoisotopic (exact) mass is 666 g/mol. The van der Waals surface area contributed by atoms with Crippen LogP contribution in [0.2, 0.25) is 5.02 Å². The Balaban J connectivity index is 1.48. The van der Waals surface area contributed by atoms with Crippen LogP contribution in [0.3, 0.4) is 0 Å². The third-order valence-electron chi connectivity index (χ3n) is 8.45. The fourth-order valence-electron chi connectivity index (χ4n) is 5.90. The van der Waals surface area contributed by atoms with E-state index in [9.17, 15) is 27.6 Å². The summed E-state index contributed by atoms with van der Waals surface area (Å²) in [5.74, 6) is -0.563. The summed E-state index contributed by atoms with van der Waals surface area (Å²) < 4.78 is 46.9. The number of nitrogens with zero attached hydrogens (tertiary/aromatic N) is 4. The second-order valence-electron chi connectivity index (χ2n) is 11.9. The van der Waals surface area contributed by atoms with Crippen molar-refractivity contribution < 1.29 is 32.3 Å². The molecule has 1 unspecified atom stereocenters. The number of rotatable bonds is 10. The number of alkyl halides is 3. The minimum absolute atomic E-state index is 0.0526. The average Bonchev–Trinajstić information content (AvgIpc) is 3.17. The van der Waals surface area contributed by atoms with Crippen LogP contribution in [-0.2, 0) is 28.5 Å². The summed E-state index contributed by atoms with van der Waals surface area (Å²) in [5, 5.41) is 5.67. The summed E-state index contributed by atoms with van der Waals surface area (Å²) in [6, 6.07) is 9.46. The summed E-state index contributed by atoms with van der Waals surface area (Å²) >= 11 is 6.06. The number of benzene rings is 2. The number of anilines is 2. The predicted octanol–water partition coefficient (Wildman–Crippen LogP) is 6.04. The third kappa shape index (κ3) is 8.55. The smallest absolute Gasteiger partial charge is 0.418 e. The number of fused-ring (bicyclic) bond motifs is 1. The van der Waals surface area contributed by atoms with Gasteiger partial charge in [0, 0.05) is 58.4 Å². The van der Waals surface area contributed by atoms with Crippen LogP contribution in [0.4, 0.5) is 34.1 Å². The highest BCUT2D eigenvalue weighted by molar-refractivity contribution is 6.33. The zero-order chi connectivity index (χ0) is 33.6. The number of para-hydroxylation sites is 1. The number of hydrogen-bond donors (Lipinski definition) is 2. The van der Waals surface area contributed by atoms with Gasteiger partial charge in [0.1, 0.15) is 0 Å². The maximum absolute atomic E-state index is 13.8. The molecule has 0 aromatic heterocycles. The van der Waals surface area contributed by atoms with Crippen LogP contribution in [0.25, 0.3) is 0 Å². The van der Waals surface area contributed by atoms with Crippen LogP contribution < -0.4 is 11.1 Å². The number of piperidine rings is 1. The highest BCUT2D eigenvalue weighted by atomic mass is 35.5. The number of carbonyl (C=O) groups is 3. The summed E-state index contributed by atoms with van der Waals surface area (Å²) in [4.78, 5) is 43.5. The SMILES string of the molecule is CCCCCN(C(=O)C(Cc1cc(Cl)c(N)c(C(F)(F)F)c1)OC(=O)N1CCC(N2CCc3ccccc3NC2=O)CC1)N(C)C. The lowest BCUT2D eigenvalue weighted by molar-refractivity contribution is -0.155. The fourth-order valence-corrected chi connectivity index (χ4v) is 6.14. The van der Waals surface area contributed by atoms with Crippen molar-refractivity contribution in [3.63, 3.8) is 0 Å². The molecule has 3 N–H and O–H groups in total. The van der Waals surface area contributed by atoms with Gasteiger partial charge < -0.3 is 25.6 Å². The summed E-state index contributed by atoms with van der Waals surface area (Å²) in [7, 11) is 3.35. The maximum Gasteiger partial charge on any atom is 0.418 e. The van der Waals surface area contributed by atoms with Crippen LogP contribution in [-0.4, -0.2) is 90.3 Å². The van der Waals surface area contributed by atoms with Crippen molar-refractivity contribution in [3.8, 4) is 0 Å². The van der Waals surface area contributed by atoms with Crippen LogP contribution in [0.15, 0.2) is 36.4 Å². The zero-order valence-electron chi connectivity index (χ0n) is 26.4. The van der Waals surface area contributed by atoms with E-state index in [4.69, 9.17) is 22.1 Å². The molecule has 0 aliphatic carbocycles. The summed E-state index contributed by atoms with van der Waals surface area (Å²) in [5.41, 5.74) is 5.78. The molecule has 0 bridgehead atoms. The molecule has 14 heteroatoms. The molecule has 2 aliphatic heterocycles. The molecule has 46 heavy (non-hydrogen) atoms. The Morgan fingerprint density at radius 2 is 1.83 bits per heavy atom. The van der Waals surface area contributed by atoms with Crippen molar-refractivity contribution in [3.05, 3.63) is 58.1 Å². The molecule has 2 heterocycles. The van der Waals surface area contributed by atoms with Crippen molar-refractivity contribution in [2.45, 2.75) is 70.2 Å². The standard InChI is InChI=1S/C32H42ClF3N6O4/c1-4-5-8-14-42(39(2)3)29(43)27(20-21-18-24(32(34,35)36)28(37)25(33)19-21)46-31(45)40-15-12-23(13-16-40)41-17-11-22-9-6-7-10-26(22)38-30(41)44/h6-7,9-10,18-19,23,27H,4-5,8,11-17,20,37H2,1-3H3,(H,38,44). The first kappa shape index (κ1) is 35.1. The van der Waals surface area contributed by atoms with E-state index in [2.05, 4.69) is 5.32 Å². The second-order valence-corrected chi connectivity index (χ2v) is 12.3. The molecule has 0 saturated carbocycles. The van der Waals surface area contributed by atoms with Crippen molar-refractivity contribution in [1.82, 2.24) is 19.8 Å². The van der Waals surface area contributed by atoms with Gasteiger partial charge in [-0.3, -0.25) is 9.80 Å². The lowest BCUT2D eigenvalue weighted by atomic mass is 10.0. The van der Waals surface area contributed by atoms with Gasteiger partial charge in [0.15, 0.2) is 6.10 Å². The molecule has 252 valence electrons. The number of amides is 4. The number of ether oxygens (including phenoxy) is 1. The Morgan fingerprint density at radius 3 is 2.48 bits per heavy atom. The van der Waals surface area contributed by atoms with Gasteiger partial charge in [0.05, 0.1) is 16.3 Å². The minimum atomic E-state index is -4.77. The number of hydrazine groups is 1. The number of hydrogen-bond acceptors (Lipinski definition) is 6. The van der Waals surface area contributed by atoms with Gasteiger partial charge in [0.25, 0.3) is 5.91 Å². The highest BCUT2D eigenvalue weighted by Gasteiger charge is 2.37. The molecule has 2 aliphatic rings. The van der Waals surface area contributed by atoms with Gasteiger partial charge in [-0.05, 0) is 55.0 Å². The number of nitrogens with one attached hydrogen (secondary N) is 1. The normalized spacial score (nSPS) is 16.5. The minimum Gasteiger partial charge on any atom is -0.436 e. The third-order valence-corrected chi connectivity index (χ3v) is 8.76. The predicted molar refractivity (Wildman–Crippen MR) is 170 cm³/mol. The number of likely N-dealkylation sites (tertiary alicyclic amines) is 1. The zero-order valence-corrected chi connectivity index (χ0v) is 27.2. The summed E-state index contributed by atoms with van der Waals surface area (Å²) in [6.45, 7) is 3.47. The van der Waals surface area contributed by atoms with Crippen molar-refractivity contribution in [2.75, 3.05) is 51.3 Å². The van der Waals surface area contributed by atoms with Gasteiger partial charge in [-0.1, -0.05) is 49.6 Å². The Bertz CT molecular complexity index is 1400. The van der Waals surface area contributed by atoms with Crippen molar-refractivity contribution >= 4 is 41.0 Å².